The number of aryl methyl sites for hydroxylation is 1. The summed E-state index contributed by atoms with van der Waals surface area (Å²) in [6, 6.07) is 5.51. The highest BCUT2D eigenvalue weighted by Gasteiger charge is 2.05. The van der Waals surface area contributed by atoms with Crippen LogP contribution in [0.4, 0.5) is 5.13 Å². The first-order chi connectivity index (χ1) is 10.6. The van der Waals surface area contributed by atoms with E-state index in [2.05, 4.69) is 10.3 Å². The zero-order valence-corrected chi connectivity index (χ0v) is 13.6. The van der Waals surface area contributed by atoms with E-state index >= 15 is 0 Å². The fraction of sp³-hybridized carbons (Fsp3) is 0.250. The Morgan fingerprint density at radius 2 is 2.23 bits per heavy atom. The average molecular weight is 318 g/mol. The van der Waals surface area contributed by atoms with Crippen LogP contribution in [0.3, 0.4) is 0 Å². The van der Waals surface area contributed by atoms with E-state index in [4.69, 9.17) is 9.47 Å². The second-order valence-corrected chi connectivity index (χ2v) is 5.68. The molecule has 1 aromatic heterocycles. The molecular weight excluding hydrogens is 300 g/mol. The first kappa shape index (κ1) is 16.0. The number of hydrogen-bond acceptors (Lipinski definition) is 5. The number of anilines is 1. The maximum absolute atomic E-state index is 11.8. The van der Waals surface area contributed by atoms with E-state index in [9.17, 15) is 4.79 Å². The summed E-state index contributed by atoms with van der Waals surface area (Å²) < 4.78 is 10.7. The minimum atomic E-state index is -0.220. The van der Waals surface area contributed by atoms with Crippen LogP contribution in [0.2, 0.25) is 0 Å². The Balaban J connectivity index is 2.04. The van der Waals surface area contributed by atoms with Gasteiger partial charge in [0.25, 0.3) is 0 Å². The van der Waals surface area contributed by atoms with Crippen LogP contribution < -0.4 is 14.8 Å². The highest BCUT2D eigenvalue weighted by atomic mass is 32.1. The summed E-state index contributed by atoms with van der Waals surface area (Å²) in [5, 5.41) is 3.31. The van der Waals surface area contributed by atoms with Gasteiger partial charge in [0.1, 0.15) is 0 Å². The molecule has 1 heterocycles. The number of rotatable bonds is 6. The topological polar surface area (TPSA) is 60.5 Å². The van der Waals surface area contributed by atoms with Gasteiger partial charge >= 0.3 is 0 Å². The van der Waals surface area contributed by atoms with Gasteiger partial charge in [0.15, 0.2) is 16.6 Å². The summed E-state index contributed by atoms with van der Waals surface area (Å²) in [4.78, 5) is 17.0. The van der Waals surface area contributed by atoms with Gasteiger partial charge in [-0.05, 0) is 37.6 Å². The van der Waals surface area contributed by atoms with Gasteiger partial charge in [0.05, 0.1) is 13.7 Å². The standard InChI is InChI=1S/C16H18N2O3S/c1-4-21-13-7-5-12(9-14(13)20-3)6-8-15(19)18-16-17-10-11(2)22-16/h5-10H,4H2,1-3H3,(H,17,18,19)/b8-6+. The third-order valence-electron chi connectivity index (χ3n) is 2.77. The highest BCUT2D eigenvalue weighted by Crippen LogP contribution is 2.28. The molecule has 0 aliphatic carbocycles. The largest absolute Gasteiger partial charge is 0.493 e. The molecule has 0 unspecified atom stereocenters. The molecule has 2 aromatic rings. The molecule has 0 aliphatic heterocycles. The van der Waals surface area contributed by atoms with Crippen LogP contribution >= 0.6 is 11.3 Å². The highest BCUT2D eigenvalue weighted by molar-refractivity contribution is 7.15. The molecule has 116 valence electrons. The van der Waals surface area contributed by atoms with Crippen molar-refractivity contribution in [3.05, 3.63) is 40.9 Å². The first-order valence-electron chi connectivity index (χ1n) is 6.84. The third kappa shape index (κ3) is 4.33. The van der Waals surface area contributed by atoms with Crippen LogP contribution in [0.1, 0.15) is 17.4 Å². The molecule has 22 heavy (non-hydrogen) atoms. The van der Waals surface area contributed by atoms with Crippen LogP contribution in [-0.2, 0) is 4.79 Å². The molecule has 0 saturated carbocycles. The lowest BCUT2D eigenvalue weighted by Crippen LogP contribution is -2.07. The molecule has 5 nitrogen and oxygen atoms in total. The van der Waals surface area contributed by atoms with Crippen molar-refractivity contribution >= 4 is 28.5 Å². The number of aromatic nitrogens is 1. The number of nitrogens with one attached hydrogen (secondary N) is 1. The van der Waals surface area contributed by atoms with Gasteiger partial charge in [0, 0.05) is 17.2 Å². The predicted octanol–water partition coefficient (Wildman–Crippen LogP) is 3.51. The van der Waals surface area contributed by atoms with E-state index in [1.165, 1.54) is 17.4 Å². The molecule has 1 N–H and O–H groups in total. The van der Waals surface area contributed by atoms with E-state index in [1.807, 2.05) is 32.0 Å². The van der Waals surface area contributed by atoms with Gasteiger partial charge < -0.3 is 9.47 Å². The summed E-state index contributed by atoms with van der Waals surface area (Å²) in [6.07, 6.45) is 4.90. The van der Waals surface area contributed by atoms with Crippen molar-refractivity contribution in [2.24, 2.45) is 0 Å². The minimum Gasteiger partial charge on any atom is -0.493 e. The monoisotopic (exact) mass is 318 g/mol. The number of nitrogens with zero attached hydrogens (tertiary/aromatic N) is 1. The summed E-state index contributed by atoms with van der Waals surface area (Å²) >= 11 is 1.44. The van der Waals surface area contributed by atoms with E-state index in [-0.39, 0.29) is 5.91 Å². The molecule has 0 fully saturated rings. The van der Waals surface area contributed by atoms with Crippen molar-refractivity contribution in [1.29, 1.82) is 0 Å². The molecule has 6 heteroatoms. The SMILES string of the molecule is CCOc1ccc(/C=C/C(=O)Nc2ncc(C)s2)cc1OC. The third-order valence-corrected chi connectivity index (χ3v) is 3.59. The Morgan fingerprint density at radius 3 is 2.86 bits per heavy atom. The Labute approximate surface area is 133 Å². The Kier molecular flexibility index (Phi) is 5.55. The van der Waals surface area contributed by atoms with Crippen molar-refractivity contribution in [2.45, 2.75) is 13.8 Å². The number of methoxy groups -OCH3 is 1. The van der Waals surface area contributed by atoms with Crippen molar-refractivity contribution in [1.82, 2.24) is 4.98 Å². The predicted molar refractivity (Wildman–Crippen MR) is 88.7 cm³/mol. The number of benzene rings is 1. The van der Waals surface area contributed by atoms with Crippen molar-refractivity contribution < 1.29 is 14.3 Å². The second-order valence-electron chi connectivity index (χ2n) is 4.44. The number of carbonyl (C=O) groups is 1. The Bertz CT molecular complexity index is 680. The molecule has 0 aliphatic rings. The van der Waals surface area contributed by atoms with Gasteiger partial charge in [-0.25, -0.2) is 4.98 Å². The van der Waals surface area contributed by atoms with Crippen LogP contribution in [0.25, 0.3) is 6.08 Å². The lowest BCUT2D eigenvalue weighted by molar-refractivity contribution is -0.111. The zero-order valence-electron chi connectivity index (χ0n) is 12.8. The Morgan fingerprint density at radius 1 is 1.41 bits per heavy atom. The number of thiazole rings is 1. The molecule has 0 spiro atoms. The minimum absolute atomic E-state index is 0.220. The molecular formula is C16H18N2O3S. The molecule has 1 aromatic carbocycles. The second kappa shape index (κ2) is 7.61. The molecule has 0 bridgehead atoms. The fourth-order valence-corrected chi connectivity index (χ4v) is 2.46. The molecule has 2 rings (SSSR count). The number of amides is 1. The van der Waals surface area contributed by atoms with Gasteiger partial charge in [-0.1, -0.05) is 6.07 Å². The van der Waals surface area contributed by atoms with Crippen LogP contribution in [0.5, 0.6) is 11.5 Å². The van der Waals surface area contributed by atoms with Crippen molar-refractivity contribution in [3.8, 4) is 11.5 Å². The van der Waals surface area contributed by atoms with E-state index in [0.717, 1.165) is 10.4 Å². The lowest BCUT2D eigenvalue weighted by Gasteiger charge is -2.09. The molecule has 0 atom stereocenters. The van der Waals surface area contributed by atoms with Crippen molar-refractivity contribution in [2.75, 3.05) is 19.0 Å². The van der Waals surface area contributed by atoms with Gasteiger partial charge in [0.2, 0.25) is 5.91 Å². The van der Waals surface area contributed by atoms with Gasteiger partial charge in [-0.15, -0.1) is 11.3 Å². The van der Waals surface area contributed by atoms with E-state index in [0.29, 0.717) is 23.2 Å². The van der Waals surface area contributed by atoms with Gasteiger partial charge in [-0.2, -0.15) is 0 Å². The zero-order chi connectivity index (χ0) is 15.9. The maximum atomic E-state index is 11.8. The molecule has 0 saturated heterocycles. The quantitative estimate of drug-likeness (QED) is 0.828. The molecule has 0 radical (unpaired) electrons. The van der Waals surface area contributed by atoms with E-state index < -0.39 is 0 Å². The molecule has 1 amide bonds. The fourth-order valence-electron chi connectivity index (χ4n) is 1.79. The average Bonchev–Trinajstić information content (AvgIpc) is 2.91. The summed E-state index contributed by atoms with van der Waals surface area (Å²) in [5.41, 5.74) is 0.853. The lowest BCUT2D eigenvalue weighted by atomic mass is 10.2. The summed E-state index contributed by atoms with van der Waals surface area (Å²) in [6.45, 7) is 4.43. The Hall–Kier alpha value is -2.34. The summed E-state index contributed by atoms with van der Waals surface area (Å²) in [7, 11) is 1.59. The maximum Gasteiger partial charge on any atom is 0.250 e. The first-order valence-corrected chi connectivity index (χ1v) is 7.66. The van der Waals surface area contributed by atoms with Gasteiger partial charge in [-0.3, -0.25) is 10.1 Å². The van der Waals surface area contributed by atoms with Crippen molar-refractivity contribution in [3.63, 3.8) is 0 Å². The normalized spacial score (nSPS) is 10.7. The smallest absolute Gasteiger partial charge is 0.250 e. The number of carbonyl (C=O) groups excluding carboxylic acids is 1. The number of hydrogen-bond donors (Lipinski definition) is 1. The van der Waals surface area contributed by atoms with Crippen LogP contribution in [-0.4, -0.2) is 24.6 Å². The number of ether oxygens (including phenoxy) is 2. The van der Waals surface area contributed by atoms with Crippen LogP contribution in [0.15, 0.2) is 30.5 Å². The summed E-state index contributed by atoms with van der Waals surface area (Å²) in [5.74, 6) is 1.10. The van der Waals surface area contributed by atoms with Crippen LogP contribution in [0, 0.1) is 6.92 Å². The van der Waals surface area contributed by atoms with E-state index in [1.54, 1.807) is 19.4 Å².